The van der Waals surface area contributed by atoms with E-state index in [4.69, 9.17) is 0 Å². The Morgan fingerprint density at radius 2 is 1.39 bits per heavy atom. The summed E-state index contributed by atoms with van der Waals surface area (Å²) in [5.74, 6) is -0.889. The van der Waals surface area contributed by atoms with Gasteiger partial charge >= 0.3 is 12.1 Å². The van der Waals surface area contributed by atoms with Crippen LogP contribution in [0.25, 0.3) is 0 Å². The Bertz CT molecular complexity index is 301. The second-order valence-electron chi connectivity index (χ2n) is 3.91. The molecule has 0 radical (unpaired) electrons. The van der Waals surface area contributed by atoms with E-state index >= 15 is 0 Å². The number of hydrogen-bond donors (Lipinski definition) is 0. The van der Waals surface area contributed by atoms with Gasteiger partial charge in [-0.2, -0.15) is 0 Å². The van der Waals surface area contributed by atoms with E-state index in [1.165, 1.54) is 33.2 Å². The van der Waals surface area contributed by atoms with Gasteiger partial charge in [0, 0.05) is 14.1 Å². The Balaban J connectivity index is 4.73. The Morgan fingerprint density at radius 1 is 0.889 bits per heavy atom. The third-order valence-corrected chi connectivity index (χ3v) is 2.87. The van der Waals surface area contributed by atoms with Crippen molar-refractivity contribution < 1.29 is 23.9 Å². The molecule has 7 heteroatoms. The number of ether oxygens (including phenoxy) is 2. The first-order valence-electron chi connectivity index (χ1n) is 5.43. The Hall–Kier alpha value is -1.79. The van der Waals surface area contributed by atoms with Gasteiger partial charge in [-0.25, -0.2) is 9.59 Å². The molecule has 0 saturated heterocycles. The maximum absolute atomic E-state index is 12.0. The maximum Gasteiger partial charge on any atom is 0.409 e. The Morgan fingerprint density at radius 3 is 1.78 bits per heavy atom. The molecule has 0 N–H and O–H groups in total. The van der Waals surface area contributed by atoms with Crippen LogP contribution in [-0.4, -0.2) is 68.2 Å². The van der Waals surface area contributed by atoms with Crippen LogP contribution >= 0.6 is 0 Å². The number of esters is 1. The molecule has 18 heavy (non-hydrogen) atoms. The number of amides is 2. The minimum atomic E-state index is -0.727. The van der Waals surface area contributed by atoms with Crippen LogP contribution in [0.2, 0.25) is 0 Å². The van der Waals surface area contributed by atoms with Crippen LogP contribution in [0, 0.1) is 0 Å². The van der Waals surface area contributed by atoms with Crippen molar-refractivity contribution in [2.75, 3.05) is 28.3 Å². The third-order valence-electron chi connectivity index (χ3n) is 2.87. The van der Waals surface area contributed by atoms with Crippen LogP contribution in [0.4, 0.5) is 4.79 Å². The molecule has 104 valence electrons. The van der Waals surface area contributed by atoms with E-state index in [-0.39, 0.29) is 5.91 Å². The highest BCUT2D eigenvalue weighted by atomic mass is 16.5. The zero-order valence-electron chi connectivity index (χ0n) is 11.6. The van der Waals surface area contributed by atoms with Crippen LogP contribution in [0.3, 0.4) is 0 Å². The molecule has 0 aromatic rings. The lowest BCUT2D eigenvalue weighted by molar-refractivity contribution is -0.152. The summed E-state index contributed by atoms with van der Waals surface area (Å²) in [6.45, 7) is 3.11. The van der Waals surface area contributed by atoms with Crippen molar-refractivity contribution in [2.24, 2.45) is 0 Å². The number of nitrogens with zero attached hydrogens (tertiary/aromatic N) is 2. The van der Waals surface area contributed by atoms with E-state index in [0.29, 0.717) is 0 Å². The van der Waals surface area contributed by atoms with Gasteiger partial charge in [-0.05, 0) is 13.8 Å². The fourth-order valence-corrected chi connectivity index (χ4v) is 1.28. The molecule has 0 bridgehead atoms. The van der Waals surface area contributed by atoms with Gasteiger partial charge in [0.15, 0.2) is 0 Å². The normalized spacial score (nSPS) is 13.2. The summed E-state index contributed by atoms with van der Waals surface area (Å²) < 4.78 is 9.07. The lowest BCUT2D eigenvalue weighted by Crippen LogP contribution is -2.50. The average Bonchev–Trinajstić information content (AvgIpc) is 2.40. The van der Waals surface area contributed by atoms with E-state index in [9.17, 15) is 14.4 Å². The molecule has 0 spiro atoms. The molecule has 2 atom stereocenters. The molecule has 2 unspecified atom stereocenters. The molecular formula is C11H20N2O5. The smallest absolute Gasteiger partial charge is 0.409 e. The number of carbonyl (C=O) groups excluding carboxylic acids is 3. The summed E-state index contributed by atoms with van der Waals surface area (Å²) in [5, 5.41) is 0. The Labute approximate surface area is 107 Å². The van der Waals surface area contributed by atoms with Crippen LogP contribution < -0.4 is 0 Å². The van der Waals surface area contributed by atoms with Gasteiger partial charge in [0.25, 0.3) is 0 Å². The van der Waals surface area contributed by atoms with Crippen molar-refractivity contribution in [3.8, 4) is 0 Å². The van der Waals surface area contributed by atoms with Crippen molar-refractivity contribution in [3.05, 3.63) is 0 Å². The monoisotopic (exact) mass is 260 g/mol. The predicted octanol–water partition coefficient (Wildman–Crippen LogP) is 0.0930. The van der Waals surface area contributed by atoms with Gasteiger partial charge in [-0.3, -0.25) is 9.69 Å². The van der Waals surface area contributed by atoms with Crippen LogP contribution in [-0.2, 0) is 19.1 Å². The van der Waals surface area contributed by atoms with Gasteiger partial charge in [-0.15, -0.1) is 0 Å². The third kappa shape index (κ3) is 3.61. The molecule has 0 heterocycles. The van der Waals surface area contributed by atoms with Crippen molar-refractivity contribution in [1.82, 2.24) is 9.80 Å². The minimum Gasteiger partial charge on any atom is -0.467 e. The second-order valence-corrected chi connectivity index (χ2v) is 3.91. The first kappa shape index (κ1) is 16.2. The van der Waals surface area contributed by atoms with Gasteiger partial charge in [0.1, 0.15) is 12.1 Å². The van der Waals surface area contributed by atoms with E-state index in [1.54, 1.807) is 13.8 Å². The highest BCUT2D eigenvalue weighted by molar-refractivity contribution is 5.89. The minimum absolute atomic E-state index is 0.374. The fraction of sp³-hybridized carbons (Fsp3) is 0.727. The summed E-state index contributed by atoms with van der Waals surface area (Å²) in [4.78, 5) is 37.0. The van der Waals surface area contributed by atoms with Gasteiger partial charge < -0.3 is 14.4 Å². The SMILES string of the molecule is COC(=O)C(C)N(C)C(=O)C(C)N(C)C(=O)OC. The number of rotatable bonds is 4. The summed E-state index contributed by atoms with van der Waals surface area (Å²) in [5.41, 5.74) is 0. The van der Waals surface area contributed by atoms with E-state index in [1.807, 2.05) is 0 Å². The topological polar surface area (TPSA) is 76.2 Å². The van der Waals surface area contributed by atoms with Crippen molar-refractivity contribution in [1.29, 1.82) is 0 Å². The second kappa shape index (κ2) is 6.83. The van der Waals surface area contributed by atoms with Gasteiger partial charge in [-0.1, -0.05) is 0 Å². The number of carbonyl (C=O) groups is 3. The van der Waals surface area contributed by atoms with Crippen LogP contribution in [0.15, 0.2) is 0 Å². The van der Waals surface area contributed by atoms with E-state index in [0.717, 1.165) is 4.90 Å². The zero-order chi connectivity index (χ0) is 14.5. The summed E-state index contributed by atoms with van der Waals surface area (Å²) in [6.07, 6.45) is -0.616. The molecule has 0 saturated carbocycles. The summed E-state index contributed by atoms with van der Waals surface area (Å²) in [7, 11) is 5.41. The van der Waals surface area contributed by atoms with E-state index in [2.05, 4.69) is 9.47 Å². The maximum atomic E-state index is 12.0. The predicted molar refractivity (Wildman–Crippen MR) is 63.9 cm³/mol. The first-order chi connectivity index (χ1) is 8.27. The number of likely N-dealkylation sites (N-methyl/N-ethyl adjacent to an activating group) is 2. The molecule has 0 aromatic heterocycles. The standard InChI is InChI=1S/C11H20N2O5/c1-7(13(4)11(16)18-6)9(14)12(3)8(2)10(15)17-5/h7-8H,1-6H3. The molecule has 0 aliphatic carbocycles. The molecule has 0 aromatic carbocycles. The van der Waals surface area contributed by atoms with Crippen molar-refractivity contribution in [3.63, 3.8) is 0 Å². The molecule has 0 aliphatic rings. The average molecular weight is 260 g/mol. The highest BCUT2D eigenvalue weighted by Gasteiger charge is 2.30. The lowest BCUT2D eigenvalue weighted by Gasteiger charge is -2.29. The number of methoxy groups -OCH3 is 2. The molecule has 7 nitrogen and oxygen atoms in total. The quantitative estimate of drug-likeness (QED) is 0.670. The summed E-state index contributed by atoms with van der Waals surface area (Å²) >= 11 is 0. The van der Waals surface area contributed by atoms with Crippen molar-refractivity contribution >= 4 is 18.0 Å². The van der Waals surface area contributed by atoms with E-state index < -0.39 is 24.1 Å². The lowest BCUT2D eigenvalue weighted by atomic mass is 10.2. The van der Waals surface area contributed by atoms with Crippen LogP contribution in [0.1, 0.15) is 13.8 Å². The first-order valence-corrected chi connectivity index (χ1v) is 5.43. The number of hydrogen-bond acceptors (Lipinski definition) is 5. The molecule has 0 aliphatic heterocycles. The Kier molecular flexibility index (Phi) is 6.15. The molecule has 0 fully saturated rings. The van der Waals surface area contributed by atoms with Crippen LogP contribution in [0.5, 0.6) is 0 Å². The molecule has 0 rings (SSSR count). The van der Waals surface area contributed by atoms with Gasteiger partial charge in [0.05, 0.1) is 14.2 Å². The van der Waals surface area contributed by atoms with Gasteiger partial charge in [0.2, 0.25) is 5.91 Å². The zero-order valence-corrected chi connectivity index (χ0v) is 11.6. The fourth-order valence-electron chi connectivity index (χ4n) is 1.28. The summed E-state index contributed by atoms with van der Waals surface area (Å²) in [6, 6.07) is -1.44. The largest absolute Gasteiger partial charge is 0.467 e. The molecule has 2 amide bonds. The molecular weight excluding hydrogens is 240 g/mol. The highest BCUT2D eigenvalue weighted by Crippen LogP contribution is 2.06. The van der Waals surface area contributed by atoms with Crippen molar-refractivity contribution in [2.45, 2.75) is 25.9 Å².